The van der Waals surface area contributed by atoms with Gasteiger partial charge in [-0.3, -0.25) is 0 Å². The number of anilines is 1. The minimum Gasteiger partial charge on any atom is -0.355 e. The van der Waals surface area contributed by atoms with Crippen molar-refractivity contribution in [2.75, 3.05) is 36.0 Å². The Kier molecular flexibility index (Phi) is 4.99. The number of nitrogens with one attached hydrogen (secondary N) is 1. The van der Waals surface area contributed by atoms with Gasteiger partial charge in [-0.2, -0.15) is 11.8 Å². The number of aromatic nitrogens is 1. The van der Waals surface area contributed by atoms with E-state index in [-0.39, 0.29) is 0 Å². The van der Waals surface area contributed by atoms with E-state index in [9.17, 15) is 0 Å². The molecule has 21 heavy (non-hydrogen) atoms. The Labute approximate surface area is 131 Å². The molecule has 3 nitrogen and oxygen atoms in total. The fourth-order valence-corrected chi connectivity index (χ4v) is 3.73. The van der Waals surface area contributed by atoms with Crippen molar-refractivity contribution in [3.05, 3.63) is 36.0 Å². The topological polar surface area (TPSA) is 28.2 Å². The summed E-state index contributed by atoms with van der Waals surface area (Å²) in [6.45, 7) is 6.24. The highest BCUT2D eigenvalue weighted by Crippen LogP contribution is 2.28. The zero-order valence-corrected chi connectivity index (χ0v) is 13.5. The monoisotopic (exact) mass is 301 g/mol. The lowest BCUT2D eigenvalue weighted by Gasteiger charge is -2.23. The quantitative estimate of drug-likeness (QED) is 0.938. The van der Waals surface area contributed by atoms with Crippen LogP contribution in [-0.2, 0) is 6.54 Å². The highest BCUT2D eigenvalue weighted by atomic mass is 32.2. The van der Waals surface area contributed by atoms with E-state index in [1.54, 1.807) is 0 Å². The zero-order chi connectivity index (χ0) is 14.5. The fraction of sp³-hybridized carbons (Fsp3) is 0.471. The van der Waals surface area contributed by atoms with Crippen LogP contribution in [-0.4, -0.2) is 36.1 Å². The molecule has 0 atom stereocenters. The van der Waals surface area contributed by atoms with Crippen LogP contribution in [0.2, 0.25) is 0 Å². The summed E-state index contributed by atoms with van der Waals surface area (Å²) in [7, 11) is 0. The van der Waals surface area contributed by atoms with E-state index in [2.05, 4.69) is 59.4 Å². The van der Waals surface area contributed by atoms with Gasteiger partial charge in [-0.1, -0.05) is 31.2 Å². The lowest BCUT2D eigenvalue weighted by Crippen LogP contribution is -2.26. The third kappa shape index (κ3) is 3.33. The van der Waals surface area contributed by atoms with Crippen LogP contribution in [0.3, 0.4) is 0 Å². The molecule has 1 saturated heterocycles. The van der Waals surface area contributed by atoms with Crippen LogP contribution in [0, 0.1) is 0 Å². The van der Waals surface area contributed by atoms with Gasteiger partial charge in [-0.15, -0.1) is 0 Å². The van der Waals surface area contributed by atoms with E-state index in [4.69, 9.17) is 4.98 Å². The van der Waals surface area contributed by atoms with Crippen molar-refractivity contribution < 1.29 is 0 Å². The Morgan fingerprint density at radius 1 is 1.19 bits per heavy atom. The van der Waals surface area contributed by atoms with Crippen molar-refractivity contribution in [3.8, 4) is 0 Å². The molecule has 0 amide bonds. The van der Waals surface area contributed by atoms with E-state index in [1.165, 1.54) is 34.3 Å². The maximum atomic E-state index is 4.80. The van der Waals surface area contributed by atoms with Gasteiger partial charge in [0.1, 0.15) is 5.82 Å². The van der Waals surface area contributed by atoms with Crippen molar-refractivity contribution in [2.45, 2.75) is 19.9 Å². The van der Waals surface area contributed by atoms with Gasteiger partial charge in [0.05, 0.1) is 0 Å². The Bertz CT molecular complexity index is 592. The van der Waals surface area contributed by atoms with Gasteiger partial charge in [-0.05, 0) is 29.7 Å². The summed E-state index contributed by atoms with van der Waals surface area (Å²) in [5, 5.41) is 6.03. The summed E-state index contributed by atoms with van der Waals surface area (Å²) in [5.41, 5.74) is 1.29. The second kappa shape index (κ2) is 7.14. The first-order valence-corrected chi connectivity index (χ1v) is 8.95. The molecule has 1 N–H and O–H groups in total. The van der Waals surface area contributed by atoms with Crippen molar-refractivity contribution in [3.63, 3.8) is 0 Å². The number of hydrogen-bond donors (Lipinski definition) is 1. The lowest BCUT2D eigenvalue weighted by atomic mass is 10.1. The Morgan fingerprint density at radius 2 is 2.05 bits per heavy atom. The Balaban J connectivity index is 1.99. The van der Waals surface area contributed by atoms with Gasteiger partial charge in [0.25, 0.3) is 0 Å². The van der Waals surface area contributed by atoms with Crippen LogP contribution in [0.1, 0.15) is 18.9 Å². The first-order chi connectivity index (χ1) is 10.4. The van der Waals surface area contributed by atoms with E-state index in [0.717, 1.165) is 32.0 Å². The lowest BCUT2D eigenvalue weighted by molar-refractivity contribution is 0.727. The number of hydrogen-bond acceptors (Lipinski definition) is 4. The van der Waals surface area contributed by atoms with Crippen LogP contribution >= 0.6 is 11.8 Å². The molecular formula is C17H23N3S. The molecule has 1 aliphatic heterocycles. The van der Waals surface area contributed by atoms with Gasteiger partial charge in [0, 0.05) is 37.0 Å². The fourth-order valence-electron chi connectivity index (χ4n) is 2.85. The number of thioether (sulfide) groups is 1. The highest BCUT2D eigenvalue weighted by molar-refractivity contribution is 7.99. The number of pyridine rings is 1. The van der Waals surface area contributed by atoms with Gasteiger partial charge in [0.15, 0.2) is 0 Å². The van der Waals surface area contributed by atoms with Crippen LogP contribution < -0.4 is 10.2 Å². The average Bonchev–Trinajstić information content (AvgIpc) is 2.81. The molecule has 2 heterocycles. The van der Waals surface area contributed by atoms with E-state index >= 15 is 0 Å². The molecule has 0 unspecified atom stereocenters. The summed E-state index contributed by atoms with van der Waals surface area (Å²) >= 11 is 2.05. The molecule has 0 radical (unpaired) electrons. The Morgan fingerprint density at radius 3 is 2.90 bits per heavy atom. The zero-order valence-electron chi connectivity index (χ0n) is 12.6. The van der Waals surface area contributed by atoms with Crippen molar-refractivity contribution >= 4 is 28.4 Å². The molecule has 1 fully saturated rings. The summed E-state index contributed by atoms with van der Waals surface area (Å²) in [5.74, 6) is 3.63. The Hall–Kier alpha value is -1.26. The van der Waals surface area contributed by atoms with Crippen LogP contribution in [0.25, 0.3) is 10.8 Å². The molecule has 0 spiro atoms. The molecule has 0 bridgehead atoms. The van der Waals surface area contributed by atoms with Crippen LogP contribution in [0.5, 0.6) is 0 Å². The van der Waals surface area contributed by atoms with Crippen molar-refractivity contribution in [1.82, 2.24) is 10.3 Å². The molecule has 0 saturated carbocycles. The molecule has 0 aliphatic carbocycles. The van der Waals surface area contributed by atoms with E-state index in [0.29, 0.717) is 0 Å². The molecule has 1 aliphatic rings. The second-order valence-electron chi connectivity index (χ2n) is 5.39. The first-order valence-electron chi connectivity index (χ1n) is 7.80. The van der Waals surface area contributed by atoms with Crippen LogP contribution in [0.4, 0.5) is 5.82 Å². The number of nitrogens with zero attached hydrogens (tertiary/aromatic N) is 2. The second-order valence-corrected chi connectivity index (χ2v) is 6.61. The standard InChI is InChI=1S/C17H23N3S/c1-2-18-12-14-13-19-17(16-7-4-3-6-15(14)16)20-8-5-10-21-11-9-20/h3-4,6-7,13,18H,2,5,8-12H2,1H3. The van der Waals surface area contributed by atoms with Crippen molar-refractivity contribution in [1.29, 1.82) is 0 Å². The normalized spacial score (nSPS) is 16.1. The molecule has 1 aromatic carbocycles. The summed E-state index contributed by atoms with van der Waals surface area (Å²) < 4.78 is 0. The molecule has 1 aromatic heterocycles. The van der Waals surface area contributed by atoms with E-state index in [1.807, 2.05) is 0 Å². The van der Waals surface area contributed by atoms with Crippen LogP contribution in [0.15, 0.2) is 30.5 Å². The first kappa shape index (κ1) is 14.7. The largest absolute Gasteiger partial charge is 0.355 e. The molecular weight excluding hydrogens is 278 g/mol. The molecule has 4 heteroatoms. The number of fused-ring (bicyclic) bond motifs is 1. The maximum absolute atomic E-state index is 4.80. The molecule has 112 valence electrons. The maximum Gasteiger partial charge on any atom is 0.136 e. The minimum absolute atomic E-state index is 0.889. The third-order valence-electron chi connectivity index (χ3n) is 3.94. The van der Waals surface area contributed by atoms with Gasteiger partial charge >= 0.3 is 0 Å². The number of rotatable bonds is 4. The van der Waals surface area contributed by atoms with Crippen molar-refractivity contribution in [2.24, 2.45) is 0 Å². The minimum atomic E-state index is 0.889. The average molecular weight is 301 g/mol. The predicted molar refractivity (Wildman–Crippen MR) is 93.3 cm³/mol. The highest BCUT2D eigenvalue weighted by Gasteiger charge is 2.15. The van der Waals surface area contributed by atoms with Gasteiger partial charge in [-0.25, -0.2) is 4.98 Å². The summed E-state index contributed by atoms with van der Waals surface area (Å²) in [4.78, 5) is 7.26. The SMILES string of the molecule is CCNCc1cnc(N2CCCSCC2)c2ccccc12. The number of benzene rings is 1. The predicted octanol–water partition coefficient (Wildman–Crippen LogP) is 3.29. The molecule has 3 rings (SSSR count). The van der Waals surface area contributed by atoms with Gasteiger partial charge < -0.3 is 10.2 Å². The summed E-state index contributed by atoms with van der Waals surface area (Å²) in [6.07, 6.45) is 3.30. The third-order valence-corrected chi connectivity index (χ3v) is 4.99. The smallest absolute Gasteiger partial charge is 0.136 e. The molecule has 2 aromatic rings. The van der Waals surface area contributed by atoms with Gasteiger partial charge in [0.2, 0.25) is 0 Å². The van der Waals surface area contributed by atoms with E-state index < -0.39 is 0 Å². The summed E-state index contributed by atoms with van der Waals surface area (Å²) in [6, 6.07) is 8.68.